The number of rotatable bonds is 2. The van der Waals surface area contributed by atoms with E-state index >= 15 is 0 Å². The largest absolute Gasteiger partial charge is 0.496 e. The van der Waals surface area contributed by atoms with Gasteiger partial charge < -0.3 is 9.72 Å². The van der Waals surface area contributed by atoms with Gasteiger partial charge >= 0.3 is 0 Å². The maximum absolute atomic E-state index is 5.38. The number of aryl methyl sites for hydroxylation is 2. The first-order chi connectivity index (χ1) is 9.19. The molecule has 3 rings (SSSR count). The zero-order valence-corrected chi connectivity index (χ0v) is 12.4. The molecule has 0 aliphatic carbocycles. The molecule has 2 aromatic heterocycles. The number of methoxy groups -OCH3 is 1. The maximum Gasteiger partial charge on any atom is 0.138 e. The minimum absolute atomic E-state index is 0. The molecule has 0 aliphatic rings. The fraction of sp³-hybridized carbons (Fsp3) is 0.200. The molecule has 0 atom stereocenters. The van der Waals surface area contributed by atoms with Gasteiger partial charge in [0, 0.05) is 11.8 Å². The lowest BCUT2D eigenvalue weighted by Crippen LogP contribution is -1.92. The molecule has 0 unspecified atom stereocenters. The van der Waals surface area contributed by atoms with Crippen LogP contribution in [0.25, 0.3) is 22.4 Å². The number of hydrogen-bond acceptors (Lipinski definition) is 3. The topological polar surface area (TPSA) is 50.8 Å². The Morgan fingerprint density at radius 1 is 1.15 bits per heavy atom. The summed E-state index contributed by atoms with van der Waals surface area (Å²) in [5, 5.41) is 0. The lowest BCUT2D eigenvalue weighted by molar-refractivity contribution is 0.408. The number of aromatic amines is 1. The number of nitrogens with zero attached hydrogens (tertiary/aromatic N) is 2. The fourth-order valence-corrected chi connectivity index (χ4v) is 2.40. The number of fused-ring (bicyclic) bond motifs is 1. The third kappa shape index (κ3) is 2.34. The van der Waals surface area contributed by atoms with E-state index in [0.717, 1.165) is 39.3 Å². The van der Waals surface area contributed by atoms with E-state index in [1.807, 2.05) is 19.9 Å². The quantitative estimate of drug-likeness (QED) is 0.783. The Morgan fingerprint density at radius 2 is 1.85 bits per heavy atom. The zero-order valence-electron chi connectivity index (χ0n) is 11.6. The number of benzene rings is 1. The summed E-state index contributed by atoms with van der Waals surface area (Å²) in [4.78, 5) is 12.0. The summed E-state index contributed by atoms with van der Waals surface area (Å²) in [6.45, 7) is 4.08. The van der Waals surface area contributed by atoms with Crippen molar-refractivity contribution in [1.29, 1.82) is 0 Å². The van der Waals surface area contributed by atoms with Crippen molar-refractivity contribution in [3.63, 3.8) is 0 Å². The number of aromatic nitrogens is 3. The summed E-state index contributed by atoms with van der Waals surface area (Å²) in [7, 11) is 1.70. The van der Waals surface area contributed by atoms with Crippen molar-refractivity contribution in [3.05, 3.63) is 41.7 Å². The summed E-state index contributed by atoms with van der Waals surface area (Å²) in [6.07, 6.45) is 3.52. The van der Waals surface area contributed by atoms with Crippen LogP contribution in [-0.2, 0) is 0 Å². The van der Waals surface area contributed by atoms with Crippen molar-refractivity contribution in [3.8, 4) is 17.1 Å². The summed E-state index contributed by atoms with van der Waals surface area (Å²) in [5.74, 6) is 1.79. The third-order valence-corrected chi connectivity index (χ3v) is 3.22. The summed E-state index contributed by atoms with van der Waals surface area (Å²) in [6, 6.07) is 6.09. The Kier molecular flexibility index (Phi) is 3.95. The lowest BCUT2D eigenvalue weighted by Gasteiger charge is -2.10. The number of nitrogens with one attached hydrogen (secondary N) is 1. The van der Waals surface area contributed by atoms with Gasteiger partial charge in [0.05, 0.1) is 18.8 Å². The van der Waals surface area contributed by atoms with Crippen LogP contribution in [0.2, 0.25) is 0 Å². The van der Waals surface area contributed by atoms with Gasteiger partial charge in [0.1, 0.15) is 17.1 Å². The third-order valence-electron chi connectivity index (χ3n) is 3.22. The SMILES string of the molecule is COc1c(C)cc(-c2nc3cnccc3[nH]2)cc1C.Cl. The molecule has 0 saturated carbocycles. The Bertz CT molecular complexity index is 696. The van der Waals surface area contributed by atoms with Crippen LogP contribution in [0.15, 0.2) is 30.6 Å². The number of hydrogen-bond donors (Lipinski definition) is 1. The first kappa shape index (κ1) is 14.3. The van der Waals surface area contributed by atoms with Crippen LogP contribution < -0.4 is 4.74 Å². The van der Waals surface area contributed by atoms with Gasteiger partial charge in [-0.05, 0) is 43.2 Å². The normalized spacial score (nSPS) is 10.3. The van der Waals surface area contributed by atoms with Crippen LogP contribution in [-0.4, -0.2) is 22.1 Å². The molecule has 20 heavy (non-hydrogen) atoms. The van der Waals surface area contributed by atoms with Crippen LogP contribution in [0, 0.1) is 13.8 Å². The van der Waals surface area contributed by atoms with E-state index in [9.17, 15) is 0 Å². The first-order valence-corrected chi connectivity index (χ1v) is 6.14. The average Bonchev–Trinajstić information content (AvgIpc) is 2.82. The van der Waals surface area contributed by atoms with Crippen molar-refractivity contribution in [1.82, 2.24) is 15.0 Å². The molecule has 0 radical (unpaired) electrons. The van der Waals surface area contributed by atoms with E-state index in [2.05, 4.69) is 27.1 Å². The molecule has 104 valence electrons. The molecule has 0 saturated heterocycles. The highest BCUT2D eigenvalue weighted by Gasteiger charge is 2.10. The average molecular weight is 290 g/mol. The number of halogens is 1. The predicted molar refractivity (Wildman–Crippen MR) is 82.6 cm³/mol. The van der Waals surface area contributed by atoms with E-state index < -0.39 is 0 Å². The molecule has 4 nitrogen and oxygen atoms in total. The monoisotopic (exact) mass is 289 g/mol. The van der Waals surface area contributed by atoms with E-state index in [1.54, 1.807) is 19.5 Å². The highest BCUT2D eigenvalue weighted by Crippen LogP contribution is 2.29. The highest BCUT2D eigenvalue weighted by molar-refractivity contribution is 5.85. The molecule has 0 amide bonds. The number of ether oxygens (including phenoxy) is 1. The second-order valence-corrected chi connectivity index (χ2v) is 4.62. The van der Waals surface area contributed by atoms with Crippen molar-refractivity contribution in [2.24, 2.45) is 0 Å². The zero-order chi connectivity index (χ0) is 13.4. The summed E-state index contributed by atoms with van der Waals surface area (Å²) < 4.78 is 5.38. The molecular formula is C15H16ClN3O. The molecule has 0 bridgehead atoms. The van der Waals surface area contributed by atoms with Gasteiger partial charge in [-0.2, -0.15) is 0 Å². The minimum Gasteiger partial charge on any atom is -0.496 e. The van der Waals surface area contributed by atoms with Crippen molar-refractivity contribution in [2.75, 3.05) is 7.11 Å². The molecule has 3 aromatic rings. The van der Waals surface area contributed by atoms with E-state index in [-0.39, 0.29) is 12.4 Å². The molecule has 2 heterocycles. The Balaban J connectivity index is 0.00000147. The second kappa shape index (κ2) is 5.51. The van der Waals surface area contributed by atoms with Crippen molar-refractivity contribution >= 4 is 23.4 Å². The van der Waals surface area contributed by atoms with Gasteiger partial charge in [-0.3, -0.25) is 4.98 Å². The molecule has 1 N–H and O–H groups in total. The number of H-pyrrole nitrogens is 1. The Hall–Kier alpha value is -2.07. The Labute approximate surface area is 123 Å². The standard InChI is InChI=1S/C15H15N3O.ClH/c1-9-6-11(7-10(2)14(9)19-3)15-17-12-4-5-16-8-13(12)18-15;/h4-8H,1-3H3,(H,17,18);1H. The van der Waals surface area contributed by atoms with Crippen LogP contribution in [0.4, 0.5) is 0 Å². The first-order valence-electron chi connectivity index (χ1n) is 6.14. The fourth-order valence-electron chi connectivity index (χ4n) is 2.40. The van der Waals surface area contributed by atoms with E-state index in [0.29, 0.717) is 0 Å². The number of pyridine rings is 1. The van der Waals surface area contributed by atoms with Crippen LogP contribution in [0.1, 0.15) is 11.1 Å². The van der Waals surface area contributed by atoms with Gasteiger partial charge in [-0.25, -0.2) is 4.98 Å². The van der Waals surface area contributed by atoms with Gasteiger partial charge in [0.2, 0.25) is 0 Å². The van der Waals surface area contributed by atoms with Crippen molar-refractivity contribution < 1.29 is 4.74 Å². The van der Waals surface area contributed by atoms with Gasteiger partial charge in [-0.1, -0.05) is 0 Å². The summed E-state index contributed by atoms with van der Waals surface area (Å²) in [5.41, 5.74) is 5.15. The van der Waals surface area contributed by atoms with Crippen LogP contribution >= 0.6 is 12.4 Å². The predicted octanol–water partition coefficient (Wildman–Crippen LogP) is 3.67. The van der Waals surface area contributed by atoms with Gasteiger partial charge in [0.15, 0.2) is 0 Å². The molecule has 1 aromatic carbocycles. The van der Waals surface area contributed by atoms with Crippen molar-refractivity contribution in [2.45, 2.75) is 13.8 Å². The second-order valence-electron chi connectivity index (χ2n) is 4.62. The van der Waals surface area contributed by atoms with Crippen LogP contribution in [0.5, 0.6) is 5.75 Å². The number of imidazole rings is 1. The van der Waals surface area contributed by atoms with Gasteiger partial charge in [-0.15, -0.1) is 12.4 Å². The molecule has 0 fully saturated rings. The van der Waals surface area contributed by atoms with E-state index in [4.69, 9.17) is 4.74 Å². The van der Waals surface area contributed by atoms with E-state index in [1.165, 1.54) is 0 Å². The highest BCUT2D eigenvalue weighted by atomic mass is 35.5. The molecule has 0 aliphatic heterocycles. The maximum atomic E-state index is 5.38. The molecule has 0 spiro atoms. The lowest BCUT2D eigenvalue weighted by atomic mass is 10.1. The summed E-state index contributed by atoms with van der Waals surface area (Å²) >= 11 is 0. The molecular weight excluding hydrogens is 274 g/mol. The van der Waals surface area contributed by atoms with Crippen LogP contribution in [0.3, 0.4) is 0 Å². The Morgan fingerprint density at radius 3 is 2.45 bits per heavy atom. The van der Waals surface area contributed by atoms with Gasteiger partial charge in [0.25, 0.3) is 0 Å². The minimum atomic E-state index is 0. The smallest absolute Gasteiger partial charge is 0.138 e. The molecule has 5 heteroatoms.